The van der Waals surface area contributed by atoms with Crippen LogP contribution in [0.15, 0.2) is 24.3 Å². The summed E-state index contributed by atoms with van der Waals surface area (Å²) in [5.74, 6) is 1.67. The van der Waals surface area contributed by atoms with E-state index in [-0.39, 0.29) is 0 Å². The first-order valence-electron chi connectivity index (χ1n) is 6.22. The van der Waals surface area contributed by atoms with Crippen molar-refractivity contribution >= 4 is 17.2 Å². The fraction of sp³-hybridized carbons (Fsp3) is 0.500. The lowest BCUT2D eigenvalue weighted by atomic mass is 9.89. The van der Waals surface area contributed by atoms with Crippen molar-refractivity contribution in [2.75, 3.05) is 0 Å². The predicted molar refractivity (Wildman–Crippen MR) is 74.4 cm³/mol. The summed E-state index contributed by atoms with van der Waals surface area (Å²) in [6.45, 7) is 2.30. The van der Waals surface area contributed by atoms with Crippen LogP contribution in [0.3, 0.4) is 0 Å². The standard InChI is InChI=1S/C14H19NOS/c1-10-6-8-11(9-7-10)16-13-5-3-2-4-12(13)14(15)17/h2-5,10-11H,6-9H2,1H3,(H2,15,17). The fourth-order valence-corrected chi connectivity index (χ4v) is 2.47. The largest absolute Gasteiger partial charge is 0.490 e. The minimum absolute atomic E-state index is 0.321. The number of benzene rings is 1. The summed E-state index contributed by atoms with van der Waals surface area (Å²) in [6, 6.07) is 7.77. The van der Waals surface area contributed by atoms with Crippen molar-refractivity contribution in [3.8, 4) is 5.75 Å². The van der Waals surface area contributed by atoms with Gasteiger partial charge in [-0.05, 0) is 43.7 Å². The maximum Gasteiger partial charge on any atom is 0.129 e. The summed E-state index contributed by atoms with van der Waals surface area (Å²) in [6.07, 6.45) is 5.08. The number of rotatable bonds is 3. The molecule has 0 amide bonds. The highest BCUT2D eigenvalue weighted by Gasteiger charge is 2.20. The monoisotopic (exact) mass is 249 g/mol. The molecule has 0 radical (unpaired) electrons. The molecule has 0 heterocycles. The Morgan fingerprint density at radius 3 is 2.53 bits per heavy atom. The lowest BCUT2D eigenvalue weighted by Crippen LogP contribution is -2.24. The molecule has 1 saturated carbocycles. The summed E-state index contributed by atoms with van der Waals surface area (Å²) < 4.78 is 6.03. The van der Waals surface area contributed by atoms with Crippen molar-refractivity contribution in [2.24, 2.45) is 11.7 Å². The number of hydrogen-bond acceptors (Lipinski definition) is 2. The first-order valence-corrected chi connectivity index (χ1v) is 6.63. The first-order chi connectivity index (χ1) is 8.16. The number of nitrogens with two attached hydrogens (primary N) is 1. The summed E-state index contributed by atoms with van der Waals surface area (Å²) >= 11 is 5.03. The van der Waals surface area contributed by atoms with Crippen LogP contribution < -0.4 is 10.5 Å². The molecule has 1 fully saturated rings. The Bertz CT molecular complexity index is 397. The normalized spacial score (nSPS) is 24.3. The van der Waals surface area contributed by atoms with E-state index in [0.29, 0.717) is 11.1 Å². The zero-order valence-corrected chi connectivity index (χ0v) is 11.0. The average Bonchev–Trinajstić information content (AvgIpc) is 2.32. The van der Waals surface area contributed by atoms with Crippen LogP contribution in [-0.2, 0) is 0 Å². The zero-order valence-electron chi connectivity index (χ0n) is 10.2. The van der Waals surface area contributed by atoms with Gasteiger partial charge in [-0.15, -0.1) is 0 Å². The van der Waals surface area contributed by atoms with Crippen molar-refractivity contribution in [1.82, 2.24) is 0 Å². The molecule has 1 aliphatic carbocycles. The van der Waals surface area contributed by atoms with Gasteiger partial charge in [-0.25, -0.2) is 0 Å². The molecule has 3 heteroatoms. The Balaban J connectivity index is 2.05. The Morgan fingerprint density at radius 2 is 1.88 bits per heavy atom. The van der Waals surface area contributed by atoms with Gasteiger partial charge in [0.25, 0.3) is 0 Å². The van der Waals surface area contributed by atoms with E-state index in [4.69, 9.17) is 22.7 Å². The fourth-order valence-electron chi connectivity index (χ4n) is 2.30. The highest BCUT2D eigenvalue weighted by atomic mass is 32.1. The molecule has 0 aliphatic heterocycles. The molecule has 2 rings (SSSR count). The lowest BCUT2D eigenvalue weighted by Gasteiger charge is -2.27. The molecule has 0 bridgehead atoms. The van der Waals surface area contributed by atoms with Crippen LogP contribution in [0, 0.1) is 5.92 Å². The van der Waals surface area contributed by atoms with E-state index in [0.717, 1.165) is 30.1 Å². The van der Waals surface area contributed by atoms with Gasteiger partial charge in [-0.1, -0.05) is 31.3 Å². The Hall–Kier alpha value is -1.09. The second-order valence-corrected chi connectivity index (χ2v) is 5.30. The number of thiocarbonyl (C=S) groups is 1. The predicted octanol–water partition coefficient (Wildman–Crippen LogP) is 3.28. The summed E-state index contributed by atoms with van der Waals surface area (Å²) in [5.41, 5.74) is 6.54. The second kappa shape index (κ2) is 5.50. The summed E-state index contributed by atoms with van der Waals surface area (Å²) in [7, 11) is 0. The van der Waals surface area contributed by atoms with Crippen LogP contribution in [0.2, 0.25) is 0 Å². The SMILES string of the molecule is CC1CCC(Oc2ccccc2C(N)=S)CC1. The summed E-state index contributed by atoms with van der Waals surface area (Å²) in [4.78, 5) is 0.407. The molecule has 0 atom stereocenters. The van der Waals surface area contributed by atoms with Gasteiger partial charge in [0.1, 0.15) is 10.7 Å². The van der Waals surface area contributed by atoms with E-state index >= 15 is 0 Å². The maximum atomic E-state index is 6.03. The molecule has 17 heavy (non-hydrogen) atoms. The van der Waals surface area contributed by atoms with Gasteiger partial charge in [-0.3, -0.25) is 0 Å². The summed E-state index contributed by atoms with van der Waals surface area (Å²) in [5, 5.41) is 0. The van der Waals surface area contributed by atoms with Gasteiger partial charge in [0.05, 0.1) is 11.7 Å². The quantitative estimate of drug-likeness (QED) is 0.835. The van der Waals surface area contributed by atoms with Crippen LogP contribution in [-0.4, -0.2) is 11.1 Å². The van der Waals surface area contributed by atoms with Crippen molar-refractivity contribution < 1.29 is 4.74 Å². The molecule has 2 N–H and O–H groups in total. The zero-order chi connectivity index (χ0) is 12.3. The van der Waals surface area contributed by atoms with Crippen LogP contribution in [0.1, 0.15) is 38.2 Å². The molecule has 1 aromatic rings. The van der Waals surface area contributed by atoms with Gasteiger partial charge in [0, 0.05) is 0 Å². The molecular formula is C14H19NOS. The average molecular weight is 249 g/mol. The minimum atomic E-state index is 0.321. The highest BCUT2D eigenvalue weighted by Crippen LogP contribution is 2.28. The third-order valence-corrected chi connectivity index (χ3v) is 3.63. The Labute approximate surface area is 108 Å². The molecule has 1 aromatic carbocycles. The molecule has 0 unspecified atom stereocenters. The van der Waals surface area contributed by atoms with E-state index in [1.807, 2.05) is 24.3 Å². The number of hydrogen-bond donors (Lipinski definition) is 1. The third-order valence-electron chi connectivity index (χ3n) is 3.41. The topological polar surface area (TPSA) is 35.2 Å². The molecule has 0 aromatic heterocycles. The van der Waals surface area contributed by atoms with Gasteiger partial charge < -0.3 is 10.5 Å². The van der Waals surface area contributed by atoms with E-state index in [9.17, 15) is 0 Å². The second-order valence-electron chi connectivity index (χ2n) is 4.86. The van der Waals surface area contributed by atoms with Gasteiger partial charge in [0.15, 0.2) is 0 Å². The minimum Gasteiger partial charge on any atom is -0.490 e. The van der Waals surface area contributed by atoms with Crippen molar-refractivity contribution in [3.05, 3.63) is 29.8 Å². The van der Waals surface area contributed by atoms with Crippen LogP contribution >= 0.6 is 12.2 Å². The van der Waals surface area contributed by atoms with Gasteiger partial charge >= 0.3 is 0 Å². The molecule has 92 valence electrons. The maximum absolute atomic E-state index is 6.03. The van der Waals surface area contributed by atoms with E-state index < -0.39 is 0 Å². The molecule has 0 spiro atoms. The molecule has 2 nitrogen and oxygen atoms in total. The van der Waals surface area contributed by atoms with Gasteiger partial charge in [-0.2, -0.15) is 0 Å². The third kappa shape index (κ3) is 3.19. The Morgan fingerprint density at radius 1 is 1.24 bits per heavy atom. The van der Waals surface area contributed by atoms with E-state index in [1.165, 1.54) is 12.8 Å². The van der Waals surface area contributed by atoms with Crippen LogP contribution in [0.4, 0.5) is 0 Å². The smallest absolute Gasteiger partial charge is 0.129 e. The number of ether oxygens (including phenoxy) is 1. The van der Waals surface area contributed by atoms with Crippen molar-refractivity contribution in [2.45, 2.75) is 38.7 Å². The van der Waals surface area contributed by atoms with Crippen LogP contribution in [0.25, 0.3) is 0 Å². The highest BCUT2D eigenvalue weighted by molar-refractivity contribution is 7.80. The molecule has 1 aliphatic rings. The lowest BCUT2D eigenvalue weighted by molar-refractivity contribution is 0.135. The molecular weight excluding hydrogens is 230 g/mol. The van der Waals surface area contributed by atoms with Crippen molar-refractivity contribution in [3.63, 3.8) is 0 Å². The van der Waals surface area contributed by atoms with E-state index in [2.05, 4.69) is 6.92 Å². The van der Waals surface area contributed by atoms with E-state index in [1.54, 1.807) is 0 Å². The Kier molecular flexibility index (Phi) is 4.00. The number of para-hydroxylation sites is 1. The van der Waals surface area contributed by atoms with Crippen LogP contribution in [0.5, 0.6) is 5.75 Å². The van der Waals surface area contributed by atoms with Crippen molar-refractivity contribution in [1.29, 1.82) is 0 Å². The molecule has 0 saturated heterocycles. The first kappa shape index (κ1) is 12.4. The van der Waals surface area contributed by atoms with Gasteiger partial charge in [0.2, 0.25) is 0 Å².